The number of carbonyl (C=O) groups is 1. The Balaban J connectivity index is 1.40. The van der Waals surface area contributed by atoms with Gasteiger partial charge in [-0.15, -0.1) is 11.3 Å². The summed E-state index contributed by atoms with van der Waals surface area (Å²) in [5.41, 5.74) is 4.01. The van der Waals surface area contributed by atoms with Crippen LogP contribution in [0.3, 0.4) is 0 Å². The maximum atomic E-state index is 12.6. The van der Waals surface area contributed by atoms with Crippen LogP contribution in [0.15, 0.2) is 36.7 Å². The minimum atomic E-state index is -0.0916. The normalized spacial score (nSPS) is 14.8. The SMILES string of the molecule is Cc1cc(-c2ccnc(NC3CCOCC3)n2)ccc1CNC(=O)c1cnc(C(C)(C)C)s1. The Labute approximate surface area is 199 Å². The van der Waals surface area contributed by atoms with Gasteiger partial charge in [-0.3, -0.25) is 4.79 Å². The van der Waals surface area contributed by atoms with Crippen LogP contribution in [0.2, 0.25) is 0 Å². The quantitative estimate of drug-likeness (QED) is 0.547. The van der Waals surface area contributed by atoms with E-state index in [0.29, 0.717) is 23.4 Å². The highest BCUT2D eigenvalue weighted by molar-refractivity contribution is 7.13. The van der Waals surface area contributed by atoms with Gasteiger partial charge in [-0.25, -0.2) is 15.0 Å². The predicted octanol–water partition coefficient (Wildman–Crippen LogP) is 4.73. The van der Waals surface area contributed by atoms with E-state index in [-0.39, 0.29) is 11.3 Å². The van der Waals surface area contributed by atoms with Crippen LogP contribution in [0.4, 0.5) is 5.95 Å². The lowest BCUT2D eigenvalue weighted by molar-refractivity contribution is 0.0903. The van der Waals surface area contributed by atoms with Crippen molar-refractivity contribution in [2.75, 3.05) is 18.5 Å². The van der Waals surface area contributed by atoms with Gasteiger partial charge in [0.2, 0.25) is 5.95 Å². The summed E-state index contributed by atoms with van der Waals surface area (Å²) in [5.74, 6) is 0.554. The van der Waals surface area contributed by atoms with E-state index in [0.717, 1.165) is 53.4 Å². The third kappa shape index (κ3) is 5.94. The summed E-state index contributed by atoms with van der Waals surface area (Å²) in [6, 6.07) is 8.46. The highest BCUT2D eigenvalue weighted by atomic mass is 32.1. The minimum Gasteiger partial charge on any atom is -0.381 e. The molecule has 0 atom stereocenters. The largest absolute Gasteiger partial charge is 0.381 e. The molecule has 3 aromatic rings. The fourth-order valence-corrected chi connectivity index (χ4v) is 4.55. The Bertz CT molecular complexity index is 1120. The van der Waals surface area contributed by atoms with E-state index in [1.54, 1.807) is 12.4 Å². The summed E-state index contributed by atoms with van der Waals surface area (Å²) in [5, 5.41) is 7.40. The van der Waals surface area contributed by atoms with E-state index < -0.39 is 0 Å². The molecule has 1 aromatic carbocycles. The molecule has 174 valence electrons. The summed E-state index contributed by atoms with van der Waals surface area (Å²) in [4.78, 5) is 26.7. The number of aryl methyl sites for hydroxylation is 1. The first kappa shape index (κ1) is 23.3. The van der Waals surface area contributed by atoms with Crippen molar-refractivity contribution in [2.45, 2.75) is 58.5 Å². The maximum absolute atomic E-state index is 12.6. The lowest BCUT2D eigenvalue weighted by Gasteiger charge is -2.23. The van der Waals surface area contributed by atoms with Gasteiger partial charge in [-0.1, -0.05) is 32.9 Å². The Kier molecular flexibility index (Phi) is 7.05. The molecule has 0 radical (unpaired) electrons. The van der Waals surface area contributed by atoms with Gasteiger partial charge in [0.05, 0.1) is 16.9 Å². The maximum Gasteiger partial charge on any atom is 0.263 e. The third-order valence-electron chi connectivity index (χ3n) is 5.66. The molecule has 33 heavy (non-hydrogen) atoms. The molecule has 0 aliphatic carbocycles. The summed E-state index contributed by atoms with van der Waals surface area (Å²) < 4.78 is 5.42. The second-order valence-electron chi connectivity index (χ2n) is 9.40. The molecule has 0 saturated carbocycles. The van der Waals surface area contributed by atoms with Crippen LogP contribution in [0.25, 0.3) is 11.3 Å². The van der Waals surface area contributed by atoms with Gasteiger partial charge in [-0.05, 0) is 43.0 Å². The Hall–Kier alpha value is -2.84. The molecule has 7 nitrogen and oxygen atoms in total. The molecule has 1 aliphatic heterocycles. The molecule has 8 heteroatoms. The van der Waals surface area contributed by atoms with Crippen molar-refractivity contribution >= 4 is 23.2 Å². The monoisotopic (exact) mass is 465 g/mol. The van der Waals surface area contributed by atoms with Crippen LogP contribution in [-0.2, 0) is 16.7 Å². The smallest absolute Gasteiger partial charge is 0.263 e. The number of nitrogens with zero attached hydrogens (tertiary/aromatic N) is 3. The Morgan fingerprint density at radius 3 is 2.67 bits per heavy atom. The van der Waals surface area contributed by atoms with Gasteiger partial charge >= 0.3 is 0 Å². The van der Waals surface area contributed by atoms with E-state index in [1.165, 1.54) is 11.3 Å². The van der Waals surface area contributed by atoms with Crippen LogP contribution in [-0.4, -0.2) is 40.1 Å². The molecule has 1 saturated heterocycles. The molecule has 2 aromatic heterocycles. The van der Waals surface area contributed by atoms with Crippen molar-refractivity contribution < 1.29 is 9.53 Å². The van der Waals surface area contributed by atoms with Crippen molar-refractivity contribution in [3.63, 3.8) is 0 Å². The molecule has 0 unspecified atom stereocenters. The molecule has 3 heterocycles. The number of rotatable bonds is 6. The van der Waals surface area contributed by atoms with Gasteiger partial charge < -0.3 is 15.4 Å². The average Bonchev–Trinajstić information content (AvgIpc) is 3.30. The highest BCUT2D eigenvalue weighted by Gasteiger charge is 2.20. The van der Waals surface area contributed by atoms with Crippen LogP contribution >= 0.6 is 11.3 Å². The number of hydrogen-bond donors (Lipinski definition) is 2. The summed E-state index contributed by atoms with van der Waals surface area (Å²) in [7, 11) is 0. The Morgan fingerprint density at radius 1 is 1.18 bits per heavy atom. The van der Waals surface area contributed by atoms with E-state index in [9.17, 15) is 4.79 Å². The first-order valence-corrected chi connectivity index (χ1v) is 12.1. The summed E-state index contributed by atoms with van der Waals surface area (Å²) in [6.07, 6.45) is 5.38. The average molecular weight is 466 g/mol. The number of aromatic nitrogens is 3. The number of nitrogens with one attached hydrogen (secondary N) is 2. The van der Waals surface area contributed by atoms with Gasteiger partial charge in [0.1, 0.15) is 4.88 Å². The number of ether oxygens (including phenoxy) is 1. The zero-order valence-corrected chi connectivity index (χ0v) is 20.5. The van der Waals surface area contributed by atoms with E-state index >= 15 is 0 Å². The van der Waals surface area contributed by atoms with Crippen molar-refractivity contribution in [3.8, 4) is 11.3 Å². The van der Waals surface area contributed by atoms with Crippen molar-refractivity contribution in [3.05, 3.63) is 57.7 Å². The molecular formula is C25H31N5O2S. The van der Waals surface area contributed by atoms with Gasteiger partial charge in [-0.2, -0.15) is 0 Å². The fourth-order valence-electron chi connectivity index (χ4n) is 3.66. The number of thiazole rings is 1. The molecule has 4 rings (SSSR count). The second kappa shape index (κ2) is 9.97. The second-order valence-corrected chi connectivity index (χ2v) is 10.4. The van der Waals surface area contributed by atoms with Crippen LogP contribution < -0.4 is 10.6 Å². The standard InChI is InChI=1S/C25H31N5O2S/c1-16-13-17(20-7-10-26-24(30-20)29-19-8-11-32-12-9-19)5-6-18(16)14-27-22(31)21-15-28-23(33-21)25(2,3)4/h5-7,10,13,15,19H,8-9,11-12,14H2,1-4H3,(H,27,31)(H,26,29,30). The number of benzene rings is 1. The fraction of sp³-hybridized carbons (Fsp3) is 0.440. The first-order chi connectivity index (χ1) is 15.8. The molecule has 1 aliphatic rings. The van der Waals surface area contributed by atoms with Gasteiger partial charge in [0.15, 0.2) is 0 Å². The van der Waals surface area contributed by atoms with Crippen molar-refractivity contribution in [1.29, 1.82) is 0 Å². The van der Waals surface area contributed by atoms with Crippen LogP contribution in [0.5, 0.6) is 0 Å². The molecule has 0 spiro atoms. The lowest BCUT2D eigenvalue weighted by atomic mass is 9.98. The van der Waals surface area contributed by atoms with Gasteiger partial charge in [0, 0.05) is 43.0 Å². The van der Waals surface area contributed by atoms with Crippen molar-refractivity contribution in [2.24, 2.45) is 0 Å². The van der Waals surface area contributed by atoms with E-state index in [1.807, 2.05) is 18.2 Å². The summed E-state index contributed by atoms with van der Waals surface area (Å²) in [6.45, 7) is 10.4. The number of carbonyl (C=O) groups excluding carboxylic acids is 1. The lowest BCUT2D eigenvalue weighted by Crippen LogP contribution is -2.28. The molecule has 2 N–H and O–H groups in total. The van der Waals surface area contributed by atoms with Gasteiger partial charge in [0.25, 0.3) is 5.91 Å². The zero-order valence-electron chi connectivity index (χ0n) is 19.6. The van der Waals surface area contributed by atoms with Crippen LogP contribution in [0, 0.1) is 6.92 Å². The zero-order chi connectivity index (χ0) is 23.4. The van der Waals surface area contributed by atoms with Crippen LogP contribution in [0.1, 0.15) is 59.4 Å². The van der Waals surface area contributed by atoms with E-state index in [2.05, 4.69) is 54.4 Å². The number of amides is 1. The molecular weight excluding hydrogens is 434 g/mol. The minimum absolute atomic E-state index is 0.0587. The van der Waals surface area contributed by atoms with E-state index in [4.69, 9.17) is 9.72 Å². The summed E-state index contributed by atoms with van der Waals surface area (Å²) >= 11 is 1.45. The van der Waals surface area contributed by atoms with Crippen molar-refractivity contribution in [1.82, 2.24) is 20.3 Å². The first-order valence-electron chi connectivity index (χ1n) is 11.3. The molecule has 1 amide bonds. The third-order valence-corrected chi connectivity index (χ3v) is 7.08. The highest BCUT2D eigenvalue weighted by Crippen LogP contribution is 2.27. The predicted molar refractivity (Wildman–Crippen MR) is 132 cm³/mol. The Morgan fingerprint density at radius 2 is 1.97 bits per heavy atom. The number of hydrogen-bond acceptors (Lipinski definition) is 7. The molecule has 0 bridgehead atoms. The number of anilines is 1. The topological polar surface area (TPSA) is 89.0 Å². The molecule has 1 fully saturated rings.